The van der Waals surface area contributed by atoms with Gasteiger partial charge < -0.3 is 5.32 Å². The van der Waals surface area contributed by atoms with E-state index in [0.717, 1.165) is 20.5 Å². The predicted molar refractivity (Wildman–Crippen MR) is 90.5 cm³/mol. The summed E-state index contributed by atoms with van der Waals surface area (Å²) < 4.78 is 12.0. The van der Waals surface area contributed by atoms with Crippen molar-refractivity contribution in [3.8, 4) is 0 Å². The summed E-state index contributed by atoms with van der Waals surface area (Å²) in [6.45, 7) is 0. The zero-order valence-corrected chi connectivity index (χ0v) is 14.0. The lowest BCUT2D eigenvalue weighted by Crippen LogP contribution is -2.12. The average molecular weight is 342 g/mol. The standard InChI is InChI=1S/C15H16ClNO2S2/c1-21(19)10-11-3-2-4-12(9-11)17-15(18)8-6-13-5-7-14(16)20-13/h2-5,7,9H,6,8,10H2,1H3,(H,17,18). The van der Waals surface area contributed by atoms with Crippen molar-refractivity contribution in [3.63, 3.8) is 0 Å². The lowest BCUT2D eigenvalue weighted by molar-refractivity contribution is -0.116. The molecule has 6 heteroatoms. The van der Waals surface area contributed by atoms with Crippen LogP contribution in [0.1, 0.15) is 16.9 Å². The van der Waals surface area contributed by atoms with E-state index in [-0.39, 0.29) is 5.91 Å². The number of anilines is 1. The number of aryl methyl sites for hydroxylation is 1. The Kier molecular flexibility index (Phi) is 5.96. The van der Waals surface area contributed by atoms with Gasteiger partial charge in [0.05, 0.1) is 4.34 Å². The fraction of sp³-hybridized carbons (Fsp3) is 0.267. The van der Waals surface area contributed by atoms with Crippen molar-refractivity contribution in [3.05, 3.63) is 51.2 Å². The minimum Gasteiger partial charge on any atom is -0.326 e. The maximum Gasteiger partial charge on any atom is 0.224 e. The summed E-state index contributed by atoms with van der Waals surface area (Å²) in [5, 5.41) is 2.87. The second-order valence-electron chi connectivity index (χ2n) is 4.67. The summed E-state index contributed by atoms with van der Waals surface area (Å²) in [5.74, 6) is 0.464. The van der Waals surface area contributed by atoms with E-state index in [1.807, 2.05) is 36.4 Å². The second-order valence-corrected chi connectivity index (χ2v) is 7.91. The van der Waals surface area contributed by atoms with Crippen LogP contribution in [0.2, 0.25) is 4.34 Å². The van der Waals surface area contributed by atoms with Crippen molar-refractivity contribution in [2.45, 2.75) is 18.6 Å². The highest BCUT2D eigenvalue weighted by Crippen LogP contribution is 2.22. The second kappa shape index (κ2) is 7.73. The Bertz CT molecular complexity index is 655. The van der Waals surface area contributed by atoms with Crippen LogP contribution in [0.25, 0.3) is 0 Å². The number of carbonyl (C=O) groups is 1. The Morgan fingerprint density at radius 1 is 1.33 bits per heavy atom. The van der Waals surface area contributed by atoms with Crippen LogP contribution >= 0.6 is 22.9 Å². The molecule has 1 aromatic carbocycles. The average Bonchev–Trinajstić information content (AvgIpc) is 2.82. The first-order valence-corrected chi connectivity index (χ1v) is 9.38. The molecule has 0 bridgehead atoms. The molecule has 0 radical (unpaired) electrons. The minimum absolute atomic E-state index is 0.0331. The highest BCUT2D eigenvalue weighted by molar-refractivity contribution is 7.83. The molecule has 21 heavy (non-hydrogen) atoms. The number of nitrogens with one attached hydrogen (secondary N) is 1. The zero-order valence-electron chi connectivity index (χ0n) is 11.6. The number of rotatable bonds is 6. The smallest absolute Gasteiger partial charge is 0.224 e. The number of hydrogen-bond donors (Lipinski definition) is 1. The summed E-state index contributed by atoms with van der Waals surface area (Å²) in [4.78, 5) is 13.0. The van der Waals surface area contributed by atoms with Crippen LogP contribution in [-0.2, 0) is 27.8 Å². The minimum atomic E-state index is -0.887. The van der Waals surface area contributed by atoms with Gasteiger partial charge in [-0.2, -0.15) is 0 Å². The van der Waals surface area contributed by atoms with E-state index < -0.39 is 10.8 Å². The van der Waals surface area contributed by atoms with Gasteiger partial charge in [0, 0.05) is 39.8 Å². The van der Waals surface area contributed by atoms with Crippen LogP contribution in [0.3, 0.4) is 0 Å². The normalized spacial score (nSPS) is 12.1. The van der Waals surface area contributed by atoms with Crippen molar-refractivity contribution in [2.75, 3.05) is 11.6 Å². The number of benzene rings is 1. The topological polar surface area (TPSA) is 46.2 Å². The van der Waals surface area contributed by atoms with Crippen LogP contribution in [0, 0.1) is 0 Å². The third kappa shape index (κ3) is 5.61. The van der Waals surface area contributed by atoms with E-state index in [4.69, 9.17) is 11.6 Å². The van der Waals surface area contributed by atoms with Gasteiger partial charge in [0.15, 0.2) is 0 Å². The Hall–Kier alpha value is -1.17. The Morgan fingerprint density at radius 2 is 2.14 bits per heavy atom. The largest absolute Gasteiger partial charge is 0.326 e. The first-order chi connectivity index (χ1) is 10.0. The van der Waals surface area contributed by atoms with Crippen LogP contribution in [0.15, 0.2) is 36.4 Å². The van der Waals surface area contributed by atoms with Crippen LogP contribution in [-0.4, -0.2) is 16.4 Å². The first kappa shape index (κ1) is 16.2. The molecule has 0 fully saturated rings. The van der Waals surface area contributed by atoms with Gasteiger partial charge in [0.25, 0.3) is 0 Å². The summed E-state index contributed by atoms with van der Waals surface area (Å²) in [6, 6.07) is 11.2. The van der Waals surface area contributed by atoms with Gasteiger partial charge in [-0.15, -0.1) is 11.3 Å². The molecule has 1 unspecified atom stereocenters. The molecule has 1 atom stereocenters. The van der Waals surface area contributed by atoms with E-state index in [2.05, 4.69) is 5.32 Å². The Labute approximate surface area is 135 Å². The fourth-order valence-corrected chi connectivity index (χ4v) is 3.66. The van der Waals surface area contributed by atoms with E-state index in [0.29, 0.717) is 18.6 Å². The highest BCUT2D eigenvalue weighted by atomic mass is 35.5. The number of amides is 1. The van der Waals surface area contributed by atoms with Crippen molar-refractivity contribution in [1.29, 1.82) is 0 Å². The molecule has 0 aliphatic rings. The van der Waals surface area contributed by atoms with E-state index in [1.54, 1.807) is 6.26 Å². The highest BCUT2D eigenvalue weighted by Gasteiger charge is 2.06. The van der Waals surface area contributed by atoms with Gasteiger partial charge >= 0.3 is 0 Å². The lowest BCUT2D eigenvalue weighted by Gasteiger charge is -2.06. The first-order valence-electron chi connectivity index (χ1n) is 6.46. The Balaban J connectivity index is 1.88. The molecule has 2 rings (SSSR count). The molecule has 0 aliphatic carbocycles. The Morgan fingerprint density at radius 3 is 2.81 bits per heavy atom. The molecule has 112 valence electrons. The zero-order chi connectivity index (χ0) is 15.2. The van der Waals surface area contributed by atoms with E-state index in [1.165, 1.54) is 11.3 Å². The lowest BCUT2D eigenvalue weighted by atomic mass is 10.2. The van der Waals surface area contributed by atoms with Gasteiger partial charge in [-0.3, -0.25) is 9.00 Å². The van der Waals surface area contributed by atoms with Crippen LogP contribution < -0.4 is 5.32 Å². The number of hydrogen-bond acceptors (Lipinski definition) is 3. The molecule has 2 aromatic rings. The monoisotopic (exact) mass is 341 g/mol. The maximum atomic E-state index is 11.9. The maximum absolute atomic E-state index is 11.9. The predicted octanol–water partition coefficient (Wildman–Crippen LogP) is 3.85. The van der Waals surface area contributed by atoms with Crippen LogP contribution in [0.5, 0.6) is 0 Å². The van der Waals surface area contributed by atoms with Crippen molar-refractivity contribution in [2.24, 2.45) is 0 Å². The molecule has 0 saturated carbocycles. The van der Waals surface area contributed by atoms with Crippen molar-refractivity contribution < 1.29 is 9.00 Å². The summed E-state index contributed by atoms with van der Waals surface area (Å²) in [7, 11) is -0.887. The summed E-state index contributed by atoms with van der Waals surface area (Å²) >= 11 is 7.35. The number of halogens is 1. The molecule has 3 nitrogen and oxygen atoms in total. The number of carbonyl (C=O) groups excluding carboxylic acids is 1. The quantitative estimate of drug-likeness (QED) is 0.867. The molecular formula is C15H16ClNO2S2. The van der Waals surface area contributed by atoms with E-state index in [9.17, 15) is 9.00 Å². The molecule has 1 N–H and O–H groups in total. The van der Waals surface area contributed by atoms with Crippen LogP contribution in [0.4, 0.5) is 5.69 Å². The van der Waals surface area contributed by atoms with E-state index >= 15 is 0 Å². The van der Waals surface area contributed by atoms with Gasteiger partial charge in [-0.05, 0) is 36.2 Å². The molecule has 1 heterocycles. The molecule has 0 aliphatic heterocycles. The van der Waals surface area contributed by atoms with Gasteiger partial charge in [0.2, 0.25) is 5.91 Å². The SMILES string of the molecule is CS(=O)Cc1cccc(NC(=O)CCc2ccc(Cl)s2)c1. The third-order valence-corrected chi connectivity index (χ3v) is 4.84. The summed E-state index contributed by atoms with van der Waals surface area (Å²) in [6.07, 6.45) is 2.76. The van der Waals surface area contributed by atoms with Crippen molar-refractivity contribution in [1.82, 2.24) is 0 Å². The van der Waals surface area contributed by atoms with Crippen molar-refractivity contribution >= 4 is 45.3 Å². The molecule has 0 spiro atoms. The van der Waals surface area contributed by atoms with Gasteiger partial charge in [-0.1, -0.05) is 23.7 Å². The number of thiophene rings is 1. The van der Waals surface area contributed by atoms with Gasteiger partial charge in [0.1, 0.15) is 0 Å². The third-order valence-electron chi connectivity index (χ3n) is 2.81. The molecular weight excluding hydrogens is 326 g/mol. The van der Waals surface area contributed by atoms with Gasteiger partial charge in [-0.25, -0.2) is 0 Å². The fourth-order valence-electron chi connectivity index (χ4n) is 1.92. The molecule has 0 saturated heterocycles. The summed E-state index contributed by atoms with van der Waals surface area (Å²) in [5.41, 5.74) is 1.70. The molecule has 1 amide bonds. The molecule has 1 aromatic heterocycles.